The van der Waals surface area contributed by atoms with Gasteiger partial charge < -0.3 is 4.90 Å². The van der Waals surface area contributed by atoms with E-state index in [0.29, 0.717) is 39.3 Å². The topological polar surface area (TPSA) is 60.9 Å². The lowest BCUT2D eigenvalue weighted by molar-refractivity contribution is 0.0699. The van der Waals surface area contributed by atoms with Crippen LogP contribution in [0.3, 0.4) is 0 Å². The maximum Gasteiger partial charge on any atom is 0.282 e. The molecule has 6 nitrogen and oxygen atoms in total. The van der Waals surface area contributed by atoms with Crippen LogP contribution in [0.25, 0.3) is 10.4 Å². The Morgan fingerprint density at radius 3 is 2.19 bits per heavy atom. The van der Waals surface area contributed by atoms with Crippen LogP contribution in [-0.2, 0) is 23.1 Å². The molecule has 1 aromatic heterocycles. The van der Waals surface area contributed by atoms with Gasteiger partial charge >= 0.3 is 0 Å². The smallest absolute Gasteiger partial charge is 0.282 e. The summed E-state index contributed by atoms with van der Waals surface area (Å²) in [7, 11) is -3.43. The molecule has 0 N–H and O–H groups in total. The summed E-state index contributed by atoms with van der Waals surface area (Å²) in [5, 5.41) is 0. The van der Waals surface area contributed by atoms with E-state index in [-0.39, 0.29) is 5.91 Å². The van der Waals surface area contributed by atoms with Gasteiger partial charge in [-0.3, -0.25) is 4.79 Å². The molecule has 5 rings (SSSR count). The maximum absolute atomic E-state index is 13.2. The molecule has 3 aliphatic rings. The van der Waals surface area contributed by atoms with Crippen LogP contribution in [0.2, 0.25) is 0 Å². The van der Waals surface area contributed by atoms with Crippen LogP contribution in [0.4, 0.5) is 0 Å². The van der Waals surface area contributed by atoms with E-state index < -0.39 is 10.2 Å². The normalized spacial score (nSPS) is 20.7. The number of nitrogens with zero attached hydrogens (tertiary/aromatic N) is 3. The number of aryl methyl sites for hydroxylation is 2. The van der Waals surface area contributed by atoms with E-state index in [1.165, 1.54) is 21.6 Å². The molecule has 0 atom stereocenters. The molecule has 0 unspecified atom stereocenters. The molecule has 8 heteroatoms. The highest BCUT2D eigenvalue weighted by Crippen LogP contribution is 2.39. The van der Waals surface area contributed by atoms with Crippen molar-refractivity contribution in [2.24, 2.45) is 0 Å². The summed E-state index contributed by atoms with van der Waals surface area (Å²) in [6.45, 7) is 2.88. The van der Waals surface area contributed by atoms with Crippen LogP contribution in [0.15, 0.2) is 30.3 Å². The van der Waals surface area contributed by atoms with E-state index >= 15 is 0 Å². The summed E-state index contributed by atoms with van der Waals surface area (Å²) < 4.78 is 29.3. The first-order valence-corrected chi connectivity index (χ1v) is 13.5. The molecule has 2 saturated heterocycles. The number of rotatable bonds is 3. The summed E-state index contributed by atoms with van der Waals surface area (Å²) in [5.41, 5.74) is 3.86. The molecule has 0 saturated carbocycles. The zero-order valence-electron chi connectivity index (χ0n) is 17.8. The number of benzene rings is 1. The second-order valence-corrected chi connectivity index (χ2v) is 11.6. The van der Waals surface area contributed by atoms with Gasteiger partial charge in [-0.2, -0.15) is 17.0 Å². The van der Waals surface area contributed by atoms with Gasteiger partial charge in [0.05, 0.1) is 4.88 Å². The van der Waals surface area contributed by atoms with Gasteiger partial charge in [0.25, 0.3) is 16.1 Å². The van der Waals surface area contributed by atoms with E-state index in [1.807, 2.05) is 4.90 Å². The zero-order chi connectivity index (χ0) is 21.4. The lowest BCUT2D eigenvalue weighted by Gasteiger charge is -2.36. The van der Waals surface area contributed by atoms with Gasteiger partial charge in [-0.1, -0.05) is 37.1 Å². The Morgan fingerprint density at radius 2 is 1.45 bits per heavy atom. The minimum atomic E-state index is -3.43. The average molecular weight is 460 g/mol. The largest absolute Gasteiger partial charge is 0.335 e. The predicted molar refractivity (Wildman–Crippen MR) is 124 cm³/mol. The summed E-state index contributed by atoms with van der Waals surface area (Å²) in [6.07, 6.45) is 6.05. The van der Waals surface area contributed by atoms with Crippen molar-refractivity contribution in [1.82, 2.24) is 13.5 Å². The quantitative estimate of drug-likeness (QED) is 0.707. The molecule has 0 bridgehead atoms. The number of carbonyl (C=O) groups excluding carboxylic acids is 1. The first kappa shape index (κ1) is 21.1. The Morgan fingerprint density at radius 1 is 0.806 bits per heavy atom. The molecule has 31 heavy (non-hydrogen) atoms. The minimum absolute atomic E-state index is 0.0312. The molecular formula is C23H29N3O3S2. The number of thiophene rings is 1. The number of hydrogen-bond donors (Lipinski definition) is 0. The molecule has 1 aromatic carbocycles. The minimum Gasteiger partial charge on any atom is -0.335 e. The third-order valence-electron chi connectivity index (χ3n) is 6.69. The maximum atomic E-state index is 13.2. The van der Waals surface area contributed by atoms with Crippen LogP contribution in [0.1, 0.15) is 46.5 Å². The average Bonchev–Trinajstić information content (AvgIpc) is 3.04. The molecule has 3 heterocycles. The van der Waals surface area contributed by atoms with Crippen molar-refractivity contribution >= 4 is 27.5 Å². The van der Waals surface area contributed by atoms with Gasteiger partial charge in [0.15, 0.2) is 0 Å². The Hall–Kier alpha value is -1.74. The number of piperazine rings is 1. The van der Waals surface area contributed by atoms with Crippen LogP contribution in [0.5, 0.6) is 0 Å². The van der Waals surface area contributed by atoms with Crippen LogP contribution in [-0.4, -0.2) is 67.1 Å². The molecule has 0 radical (unpaired) electrons. The van der Waals surface area contributed by atoms with E-state index in [0.717, 1.165) is 43.4 Å². The van der Waals surface area contributed by atoms with E-state index in [9.17, 15) is 13.2 Å². The summed E-state index contributed by atoms with van der Waals surface area (Å²) >= 11 is 1.58. The van der Waals surface area contributed by atoms with E-state index in [2.05, 4.69) is 30.3 Å². The zero-order valence-corrected chi connectivity index (χ0v) is 19.4. The number of carbonyl (C=O) groups is 1. The Labute approximate surface area is 188 Å². The molecule has 2 fully saturated rings. The van der Waals surface area contributed by atoms with Crippen LogP contribution >= 0.6 is 11.3 Å². The molecule has 2 aromatic rings. The molecule has 1 aliphatic carbocycles. The van der Waals surface area contributed by atoms with Crippen molar-refractivity contribution < 1.29 is 13.2 Å². The lowest BCUT2D eigenvalue weighted by atomic mass is 9.91. The fraction of sp³-hybridized carbons (Fsp3) is 0.522. The van der Waals surface area contributed by atoms with Crippen molar-refractivity contribution in [3.05, 3.63) is 46.3 Å². The van der Waals surface area contributed by atoms with Gasteiger partial charge in [-0.05, 0) is 48.4 Å². The highest BCUT2D eigenvalue weighted by molar-refractivity contribution is 7.86. The van der Waals surface area contributed by atoms with Crippen molar-refractivity contribution in [2.45, 2.75) is 38.5 Å². The van der Waals surface area contributed by atoms with Crippen LogP contribution in [0, 0.1) is 0 Å². The monoisotopic (exact) mass is 459 g/mol. The van der Waals surface area contributed by atoms with Gasteiger partial charge in [0.1, 0.15) is 0 Å². The van der Waals surface area contributed by atoms with Crippen molar-refractivity contribution in [3.63, 3.8) is 0 Å². The number of hydrogen-bond acceptors (Lipinski definition) is 4. The van der Waals surface area contributed by atoms with Crippen LogP contribution < -0.4 is 0 Å². The molecule has 0 spiro atoms. The summed E-state index contributed by atoms with van der Waals surface area (Å²) in [6, 6.07) is 10.5. The van der Waals surface area contributed by atoms with Gasteiger partial charge in [-0.15, -0.1) is 11.3 Å². The van der Waals surface area contributed by atoms with Gasteiger partial charge in [0.2, 0.25) is 0 Å². The first-order valence-electron chi connectivity index (χ1n) is 11.3. The Bertz CT molecular complexity index is 1060. The Balaban J connectivity index is 1.27. The van der Waals surface area contributed by atoms with Crippen molar-refractivity contribution in [1.29, 1.82) is 0 Å². The third-order valence-corrected chi connectivity index (χ3v) is 9.92. The second-order valence-electron chi connectivity index (χ2n) is 8.63. The van der Waals surface area contributed by atoms with Gasteiger partial charge in [0, 0.05) is 44.1 Å². The standard InChI is InChI=1S/C23H29N3O3S2/c27-23(21-17-19-10-9-18-7-3-4-8-20(18)22(19)30-21)24-13-15-26(16-14-24)31(28,29)25-11-5-1-2-6-12-25/h3-4,7-8,17H,1-2,5-6,9-16H2. The SMILES string of the molecule is O=C(c1cc2c(s1)-c1ccccc1CC2)N1CCN(S(=O)(=O)N2CCCCCC2)CC1. The summed E-state index contributed by atoms with van der Waals surface area (Å²) in [5.74, 6) is 0.0312. The van der Waals surface area contributed by atoms with E-state index in [4.69, 9.17) is 0 Å². The molecule has 1 amide bonds. The Kier molecular flexibility index (Phi) is 5.90. The van der Waals surface area contributed by atoms with Crippen molar-refractivity contribution in [3.8, 4) is 10.4 Å². The van der Waals surface area contributed by atoms with Crippen molar-refractivity contribution in [2.75, 3.05) is 39.3 Å². The predicted octanol–water partition coefficient (Wildman–Crippen LogP) is 3.39. The lowest BCUT2D eigenvalue weighted by Crippen LogP contribution is -2.54. The fourth-order valence-electron chi connectivity index (χ4n) is 4.89. The molecule has 166 valence electrons. The van der Waals surface area contributed by atoms with Gasteiger partial charge in [-0.25, -0.2) is 0 Å². The molecule has 2 aliphatic heterocycles. The third kappa shape index (κ3) is 4.06. The first-order chi connectivity index (χ1) is 15.0. The van der Waals surface area contributed by atoms with E-state index in [1.54, 1.807) is 19.9 Å². The second kappa shape index (κ2) is 8.65. The number of fused-ring (bicyclic) bond motifs is 3. The number of amides is 1. The highest BCUT2D eigenvalue weighted by atomic mass is 32.2. The fourth-order valence-corrected chi connectivity index (χ4v) is 7.80. The summed E-state index contributed by atoms with van der Waals surface area (Å²) in [4.78, 5) is 17.0. The highest BCUT2D eigenvalue weighted by Gasteiger charge is 2.34. The molecular weight excluding hydrogens is 430 g/mol.